The van der Waals surface area contributed by atoms with Crippen molar-refractivity contribution in [3.63, 3.8) is 0 Å². The molecule has 0 radical (unpaired) electrons. The molecule has 7 nitrogen and oxygen atoms in total. The summed E-state index contributed by atoms with van der Waals surface area (Å²) < 4.78 is 10.4. The molecule has 0 atom stereocenters. The molecule has 2 rings (SSSR count). The SMILES string of the molecule is COc1nccc(N2CCN(C(=O)OC(C)(C)C)CC2)n1. The van der Waals surface area contributed by atoms with Crippen LogP contribution < -0.4 is 9.64 Å². The summed E-state index contributed by atoms with van der Waals surface area (Å²) in [5.41, 5.74) is -0.464. The molecule has 1 aromatic rings. The summed E-state index contributed by atoms with van der Waals surface area (Å²) in [5.74, 6) is 0.811. The highest BCUT2D eigenvalue weighted by Gasteiger charge is 2.26. The van der Waals surface area contributed by atoms with Crippen molar-refractivity contribution in [2.75, 3.05) is 38.2 Å². The van der Waals surface area contributed by atoms with Gasteiger partial charge in [0.15, 0.2) is 0 Å². The standard InChI is InChI=1S/C14H22N4O3/c1-14(2,3)21-13(19)18-9-7-17(8-10-18)11-5-6-15-12(16-11)20-4/h5-6H,7-10H2,1-4H3. The maximum absolute atomic E-state index is 12.0. The normalized spacial score (nSPS) is 15.8. The molecule has 1 aromatic heterocycles. The Morgan fingerprint density at radius 1 is 1.24 bits per heavy atom. The van der Waals surface area contributed by atoms with Gasteiger partial charge in [0.1, 0.15) is 11.4 Å². The molecular weight excluding hydrogens is 272 g/mol. The zero-order valence-corrected chi connectivity index (χ0v) is 13.0. The molecule has 0 unspecified atom stereocenters. The van der Waals surface area contributed by atoms with Crippen LogP contribution in [0.2, 0.25) is 0 Å². The third-order valence-corrected chi connectivity index (χ3v) is 3.06. The van der Waals surface area contributed by atoms with E-state index < -0.39 is 5.60 Å². The monoisotopic (exact) mass is 294 g/mol. The van der Waals surface area contributed by atoms with Gasteiger partial charge in [0, 0.05) is 32.4 Å². The Kier molecular flexibility index (Phi) is 4.50. The Balaban J connectivity index is 1.92. The first-order chi connectivity index (χ1) is 9.89. The third kappa shape index (κ3) is 4.21. The van der Waals surface area contributed by atoms with Crippen molar-refractivity contribution in [1.82, 2.24) is 14.9 Å². The van der Waals surface area contributed by atoms with Gasteiger partial charge in [-0.15, -0.1) is 0 Å². The maximum atomic E-state index is 12.0. The lowest BCUT2D eigenvalue weighted by molar-refractivity contribution is 0.0240. The minimum Gasteiger partial charge on any atom is -0.467 e. The number of hydrogen-bond donors (Lipinski definition) is 0. The number of hydrogen-bond acceptors (Lipinski definition) is 6. The van der Waals surface area contributed by atoms with Crippen LogP contribution in [0.25, 0.3) is 0 Å². The Morgan fingerprint density at radius 3 is 2.48 bits per heavy atom. The zero-order chi connectivity index (χ0) is 15.5. The molecule has 1 aliphatic rings. The molecule has 1 aliphatic heterocycles. The second kappa shape index (κ2) is 6.15. The summed E-state index contributed by atoms with van der Waals surface area (Å²) in [7, 11) is 1.54. The van der Waals surface area contributed by atoms with E-state index in [4.69, 9.17) is 9.47 Å². The fourth-order valence-electron chi connectivity index (χ4n) is 2.05. The van der Waals surface area contributed by atoms with Crippen LogP contribution in [0.5, 0.6) is 6.01 Å². The number of ether oxygens (including phenoxy) is 2. The third-order valence-electron chi connectivity index (χ3n) is 3.06. The Morgan fingerprint density at radius 2 is 1.90 bits per heavy atom. The molecule has 116 valence electrons. The number of piperazine rings is 1. The molecule has 0 spiro atoms. The summed E-state index contributed by atoms with van der Waals surface area (Å²) in [6.45, 7) is 8.25. The van der Waals surface area contributed by atoms with Gasteiger partial charge in [0.05, 0.1) is 7.11 Å². The number of anilines is 1. The van der Waals surface area contributed by atoms with Gasteiger partial charge in [-0.05, 0) is 26.8 Å². The quantitative estimate of drug-likeness (QED) is 0.824. The van der Waals surface area contributed by atoms with Gasteiger partial charge in [-0.3, -0.25) is 0 Å². The van der Waals surface area contributed by atoms with Crippen molar-refractivity contribution >= 4 is 11.9 Å². The Labute approximate surface area is 124 Å². The average molecular weight is 294 g/mol. The molecule has 21 heavy (non-hydrogen) atoms. The molecule has 1 amide bonds. The summed E-state index contributed by atoms with van der Waals surface area (Å²) in [6.07, 6.45) is 1.41. The van der Waals surface area contributed by atoms with Gasteiger partial charge in [0.2, 0.25) is 0 Å². The van der Waals surface area contributed by atoms with Gasteiger partial charge in [-0.1, -0.05) is 0 Å². The number of carbonyl (C=O) groups excluding carboxylic acids is 1. The fraction of sp³-hybridized carbons (Fsp3) is 0.643. The number of amides is 1. The van der Waals surface area contributed by atoms with Crippen molar-refractivity contribution in [1.29, 1.82) is 0 Å². The minimum absolute atomic E-state index is 0.262. The molecule has 0 saturated carbocycles. The predicted octanol–water partition coefficient (Wildman–Crippen LogP) is 1.54. The average Bonchev–Trinajstić information content (AvgIpc) is 2.46. The first kappa shape index (κ1) is 15.3. The Hall–Kier alpha value is -2.05. The van der Waals surface area contributed by atoms with E-state index >= 15 is 0 Å². The molecule has 0 aromatic carbocycles. The highest BCUT2D eigenvalue weighted by Crippen LogP contribution is 2.17. The van der Waals surface area contributed by atoms with Crippen LogP contribution in [0.1, 0.15) is 20.8 Å². The second-order valence-electron chi connectivity index (χ2n) is 5.86. The molecule has 0 bridgehead atoms. The van der Waals surface area contributed by atoms with Crippen LogP contribution in [0.3, 0.4) is 0 Å². The maximum Gasteiger partial charge on any atom is 0.410 e. The number of rotatable bonds is 2. The zero-order valence-electron chi connectivity index (χ0n) is 13.0. The highest BCUT2D eigenvalue weighted by atomic mass is 16.6. The van der Waals surface area contributed by atoms with Crippen molar-refractivity contribution < 1.29 is 14.3 Å². The van der Waals surface area contributed by atoms with Crippen molar-refractivity contribution in [2.24, 2.45) is 0 Å². The smallest absolute Gasteiger partial charge is 0.410 e. The summed E-state index contributed by atoms with van der Waals surface area (Å²) in [5, 5.41) is 0. The number of aromatic nitrogens is 2. The molecule has 1 saturated heterocycles. The van der Waals surface area contributed by atoms with Gasteiger partial charge in [0.25, 0.3) is 0 Å². The lowest BCUT2D eigenvalue weighted by atomic mass is 10.2. The van der Waals surface area contributed by atoms with Gasteiger partial charge >= 0.3 is 12.1 Å². The van der Waals surface area contributed by atoms with Gasteiger partial charge < -0.3 is 19.3 Å². The minimum atomic E-state index is -0.464. The van der Waals surface area contributed by atoms with Crippen LogP contribution in [0.4, 0.5) is 10.6 Å². The van der Waals surface area contributed by atoms with E-state index in [0.29, 0.717) is 32.2 Å². The fourth-order valence-corrected chi connectivity index (χ4v) is 2.05. The van der Waals surface area contributed by atoms with Crippen LogP contribution >= 0.6 is 0 Å². The van der Waals surface area contributed by atoms with Gasteiger partial charge in [-0.2, -0.15) is 4.98 Å². The van der Waals surface area contributed by atoms with Crippen molar-refractivity contribution in [3.05, 3.63) is 12.3 Å². The van der Waals surface area contributed by atoms with Crippen LogP contribution in [0, 0.1) is 0 Å². The lowest BCUT2D eigenvalue weighted by Crippen LogP contribution is -2.50. The lowest BCUT2D eigenvalue weighted by Gasteiger charge is -2.36. The summed E-state index contributed by atoms with van der Waals surface area (Å²) in [6, 6.07) is 2.19. The molecule has 0 aliphatic carbocycles. The van der Waals surface area contributed by atoms with Crippen molar-refractivity contribution in [2.45, 2.75) is 26.4 Å². The first-order valence-corrected chi connectivity index (χ1v) is 6.99. The first-order valence-electron chi connectivity index (χ1n) is 6.99. The molecule has 0 N–H and O–H groups in total. The topological polar surface area (TPSA) is 67.8 Å². The van der Waals surface area contributed by atoms with E-state index in [2.05, 4.69) is 14.9 Å². The molecular formula is C14H22N4O3. The number of carbonyl (C=O) groups is 1. The van der Waals surface area contributed by atoms with Gasteiger partial charge in [-0.25, -0.2) is 9.78 Å². The predicted molar refractivity (Wildman–Crippen MR) is 78.6 cm³/mol. The highest BCUT2D eigenvalue weighted by molar-refractivity contribution is 5.68. The molecule has 2 heterocycles. The molecule has 7 heteroatoms. The second-order valence-corrected chi connectivity index (χ2v) is 5.86. The number of methoxy groups -OCH3 is 1. The number of nitrogens with zero attached hydrogens (tertiary/aromatic N) is 4. The van der Waals surface area contributed by atoms with E-state index in [1.54, 1.807) is 18.2 Å². The van der Waals surface area contributed by atoms with Crippen LogP contribution in [-0.4, -0.2) is 59.9 Å². The van der Waals surface area contributed by atoms with Crippen molar-refractivity contribution in [3.8, 4) is 6.01 Å². The van der Waals surface area contributed by atoms with E-state index in [1.807, 2.05) is 26.8 Å². The molecule has 1 fully saturated rings. The summed E-state index contributed by atoms with van der Waals surface area (Å²) >= 11 is 0. The van der Waals surface area contributed by atoms with Crippen LogP contribution in [0.15, 0.2) is 12.3 Å². The van der Waals surface area contributed by atoms with Crippen LogP contribution in [-0.2, 0) is 4.74 Å². The van der Waals surface area contributed by atoms with E-state index in [-0.39, 0.29) is 6.09 Å². The van der Waals surface area contributed by atoms with E-state index in [0.717, 1.165) is 5.82 Å². The Bertz CT molecular complexity index is 493. The van der Waals surface area contributed by atoms with E-state index in [1.165, 1.54) is 0 Å². The summed E-state index contributed by atoms with van der Waals surface area (Å²) in [4.78, 5) is 24.1. The largest absolute Gasteiger partial charge is 0.467 e. The van der Waals surface area contributed by atoms with E-state index in [9.17, 15) is 4.79 Å².